The van der Waals surface area contributed by atoms with Crippen LogP contribution in [0, 0.1) is 5.82 Å². The predicted molar refractivity (Wildman–Crippen MR) is 97.0 cm³/mol. The van der Waals surface area contributed by atoms with Crippen molar-refractivity contribution in [3.63, 3.8) is 0 Å². The molecule has 0 saturated carbocycles. The summed E-state index contributed by atoms with van der Waals surface area (Å²) in [5.74, 6) is 0.497. The van der Waals surface area contributed by atoms with E-state index < -0.39 is 0 Å². The maximum Gasteiger partial charge on any atom is 0.124 e. The van der Waals surface area contributed by atoms with Crippen LogP contribution in [0.15, 0.2) is 66.9 Å². The molecule has 0 aliphatic heterocycles. The van der Waals surface area contributed by atoms with Crippen LogP contribution in [-0.2, 0) is 19.7 Å². The highest BCUT2D eigenvalue weighted by molar-refractivity contribution is 6.30. The molecule has 0 radical (unpaired) electrons. The number of pyridine rings is 1. The Morgan fingerprint density at radius 3 is 2.60 bits per heavy atom. The van der Waals surface area contributed by atoms with Gasteiger partial charge in [-0.3, -0.25) is 4.98 Å². The molecule has 1 aromatic heterocycles. The molecule has 0 aliphatic carbocycles. The Hall–Kier alpha value is -2.43. The zero-order chi connectivity index (χ0) is 17.5. The highest BCUT2D eigenvalue weighted by Gasteiger charge is 2.06. The van der Waals surface area contributed by atoms with E-state index in [0.29, 0.717) is 24.7 Å². The molecule has 0 unspecified atom stereocenters. The van der Waals surface area contributed by atoms with Crippen molar-refractivity contribution in [3.8, 4) is 5.75 Å². The number of benzene rings is 2. The molecule has 3 nitrogen and oxygen atoms in total. The van der Waals surface area contributed by atoms with Gasteiger partial charge in [-0.25, -0.2) is 4.39 Å². The average Bonchev–Trinajstić information content (AvgIpc) is 2.63. The SMILES string of the molecule is Fc1ccc(COc2ccc(Cl)cc2CNCc2ccccn2)cc1. The van der Waals surface area contributed by atoms with E-state index >= 15 is 0 Å². The Labute approximate surface area is 151 Å². The van der Waals surface area contributed by atoms with Gasteiger partial charge in [-0.05, 0) is 48.0 Å². The number of halogens is 2. The Kier molecular flexibility index (Phi) is 5.99. The summed E-state index contributed by atoms with van der Waals surface area (Å²) in [6, 6.07) is 17.6. The molecular weight excluding hydrogens is 339 g/mol. The van der Waals surface area contributed by atoms with Crippen LogP contribution in [0.2, 0.25) is 5.02 Å². The number of rotatable bonds is 7. The minimum absolute atomic E-state index is 0.255. The zero-order valence-electron chi connectivity index (χ0n) is 13.6. The molecule has 0 fully saturated rings. The Bertz CT molecular complexity index is 810. The third-order valence-electron chi connectivity index (χ3n) is 3.68. The van der Waals surface area contributed by atoms with E-state index in [4.69, 9.17) is 16.3 Å². The van der Waals surface area contributed by atoms with Gasteiger partial charge >= 0.3 is 0 Å². The standard InChI is InChI=1S/C20H18ClFN2O/c21-17-6-9-20(25-14-15-4-7-18(22)8-5-15)16(11-17)12-23-13-19-3-1-2-10-24-19/h1-11,23H,12-14H2. The quantitative estimate of drug-likeness (QED) is 0.663. The van der Waals surface area contributed by atoms with Gasteiger partial charge in [0.1, 0.15) is 18.2 Å². The van der Waals surface area contributed by atoms with Crippen molar-refractivity contribution in [1.29, 1.82) is 0 Å². The summed E-state index contributed by atoms with van der Waals surface area (Å²) in [6.07, 6.45) is 1.77. The molecule has 1 N–H and O–H groups in total. The summed E-state index contributed by atoms with van der Waals surface area (Å²) in [7, 11) is 0. The maximum atomic E-state index is 13.0. The molecule has 25 heavy (non-hydrogen) atoms. The molecule has 0 aliphatic rings. The van der Waals surface area contributed by atoms with Crippen molar-refractivity contribution in [2.24, 2.45) is 0 Å². The fourth-order valence-electron chi connectivity index (χ4n) is 2.40. The Morgan fingerprint density at radius 2 is 1.84 bits per heavy atom. The monoisotopic (exact) mass is 356 g/mol. The van der Waals surface area contributed by atoms with Crippen LogP contribution < -0.4 is 10.1 Å². The van der Waals surface area contributed by atoms with E-state index in [2.05, 4.69) is 10.3 Å². The van der Waals surface area contributed by atoms with Crippen LogP contribution >= 0.6 is 11.6 Å². The molecule has 1 heterocycles. The van der Waals surface area contributed by atoms with Gasteiger partial charge in [-0.2, -0.15) is 0 Å². The van der Waals surface area contributed by atoms with Crippen LogP contribution in [0.5, 0.6) is 5.75 Å². The van der Waals surface area contributed by atoms with Gasteiger partial charge in [0.25, 0.3) is 0 Å². The smallest absolute Gasteiger partial charge is 0.124 e. The van der Waals surface area contributed by atoms with Crippen LogP contribution in [-0.4, -0.2) is 4.98 Å². The first-order chi connectivity index (χ1) is 12.2. The van der Waals surface area contributed by atoms with E-state index in [-0.39, 0.29) is 5.82 Å². The molecular formula is C20H18ClFN2O. The lowest BCUT2D eigenvalue weighted by molar-refractivity contribution is 0.302. The summed E-state index contributed by atoms with van der Waals surface area (Å²) in [6.45, 7) is 1.63. The summed E-state index contributed by atoms with van der Waals surface area (Å²) < 4.78 is 18.9. The maximum absolute atomic E-state index is 13.0. The van der Waals surface area contributed by atoms with Crippen LogP contribution in [0.1, 0.15) is 16.8 Å². The lowest BCUT2D eigenvalue weighted by atomic mass is 10.2. The minimum atomic E-state index is -0.255. The fourth-order valence-corrected chi connectivity index (χ4v) is 2.59. The Morgan fingerprint density at radius 1 is 1.00 bits per heavy atom. The molecule has 3 aromatic rings. The lowest BCUT2D eigenvalue weighted by Gasteiger charge is -2.13. The number of nitrogens with one attached hydrogen (secondary N) is 1. The van der Waals surface area contributed by atoms with Crippen molar-refractivity contribution in [2.75, 3.05) is 0 Å². The number of hydrogen-bond acceptors (Lipinski definition) is 3. The van der Waals surface area contributed by atoms with Crippen LogP contribution in [0.25, 0.3) is 0 Å². The van der Waals surface area contributed by atoms with Gasteiger partial charge in [0.05, 0.1) is 5.69 Å². The molecule has 128 valence electrons. The number of aromatic nitrogens is 1. The summed E-state index contributed by atoms with van der Waals surface area (Å²) in [5, 5.41) is 4.00. The highest BCUT2D eigenvalue weighted by atomic mass is 35.5. The van der Waals surface area contributed by atoms with E-state index in [1.54, 1.807) is 24.4 Å². The first-order valence-corrected chi connectivity index (χ1v) is 8.35. The molecule has 0 atom stereocenters. The van der Waals surface area contributed by atoms with E-state index in [1.165, 1.54) is 12.1 Å². The predicted octanol–water partition coefficient (Wildman–Crippen LogP) is 4.74. The van der Waals surface area contributed by atoms with Crippen molar-refractivity contribution in [2.45, 2.75) is 19.7 Å². The van der Waals surface area contributed by atoms with E-state index in [1.807, 2.05) is 30.3 Å². The number of nitrogens with zero attached hydrogens (tertiary/aromatic N) is 1. The van der Waals surface area contributed by atoms with Gasteiger partial charge in [-0.15, -0.1) is 0 Å². The van der Waals surface area contributed by atoms with Gasteiger partial charge in [0, 0.05) is 29.9 Å². The topological polar surface area (TPSA) is 34.1 Å². The molecule has 0 amide bonds. The molecule has 0 bridgehead atoms. The Balaban J connectivity index is 1.62. The minimum Gasteiger partial charge on any atom is -0.489 e. The van der Waals surface area contributed by atoms with Crippen LogP contribution in [0.3, 0.4) is 0 Å². The largest absolute Gasteiger partial charge is 0.489 e. The zero-order valence-corrected chi connectivity index (χ0v) is 14.3. The van der Waals surface area contributed by atoms with Gasteiger partial charge < -0.3 is 10.1 Å². The molecule has 5 heteroatoms. The van der Waals surface area contributed by atoms with Gasteiger partial charge in [-0.1, -0.05) is 29.8 Å². The van der Waals surface area contributed by atoms with Crippen molar-refractivity contribution in [3.05, 3.63) is 94.5 Å². The second-order valence-corrected chi connectivity index (χ2v) is 6.03. The molecule has 0 spiro atoms. The molecule has 3 rings (SSSR count). The van der Waals surface area contributed by atoms with Gasteiger partial charge in [0.2, 0.25) is 0 Å². The van der Waals surface area contributed by atoms with Gasteiger partial charge in [0.15, 0.2) is 0 Å². The first-order valence-electron chi connectivity index (χ1n) is 7.97. The number of ether oxygens (including phenoxy) is 1. The van der Waals surface area contributed by atoms with E-state index in [9.17, 15) is 4.39 Å². The van der Waals surface area contributed by atoms with Crippen LogP contribution in [0.4, 0.5) is 4.39 Å². The molecule has 0 saturated heterocycles. The second kappa shape index (κ2) is 8.60. The average molecular weight is 357 g/mol. The fraction of sp³-hybridized carbons (Fsp3) is 0.150. The van der Waals surface area contributed by atoms with Crippen molar-refractivity contribution >= 4 is 11.6 Å². The lowest BCUT2D eigenvalue weighted by Crippen LogP contribution is -2.14. The number of hydrogen-bond donors (Lipinski definition) is 1. The van der Waals surface area contributed by atoms with E-state index in [0.717, 1.165) is 22.6 Å². The second-order valence-electron chi connectivity index (χ2n) is 5.59. The third-order valence-corrected chi connectivity index (χ3v) is 3.91. The molecule has 2 aromatic carbocycles. The normalized spacial score (nSPS) is 10.6. The summed E-state index contributed by atoms with van der Waals surface area (Å²) in [4.78, 5) is 4.28. The van der Waals surface area contributed by atoms with Crippen molar-refractivity contribution in [1.82, 2.24) is 10.3 Å². The summed E-state index contributed by atoms with van der Waals surface area (Å²) >= 11 is 6.11. The first kappa shape index (κ1) is 17.4. The third kappa shape index (κ3) is 5.28. The van der Waals surface area contributed by atoms with Crippen molar-refractivity contribution < 1.29 is 9.13 Å². The summed E-state index contributed by atoms with van der Waals surface area (Å²) in [5.41, 5.74) is 2.84. The highest BCUT2D eigenvalue weighted by Crippen LogP contribution is 2.24.